The van der Waals surface area contributed by atoms with Crippen molar-refractivity contribution in [2.75, 3.05) is 0 Å². The SMILES string of the molecule is NC(=S)c1cccc(Cn2ccnc2Cc2ccc(F)c(F)c2)c1. The van der Waals surface area contributed by atoms with Gasteiger partial charge in [-0.15, -0.1) is 0 Å². The Bertz CT molecular complexity index is 889. The van der Waals surface area contributed by atoms with Gasteiger partial charge in [0.1, 0.15) is 10.8 Å². The number of imidazole rings is 1. The second kappa shape index (κ2) is 6.88. The average Bonchev–Trinajstić information content (AvgIpc) is 2.98. The van der Waals surface area contributed by atoms with Gasteiger partial charge in [-0.3, -0.25) is 0 Å². The summed E-state index contributed by atoms with van der Waals surface area (Å²) in [4.78, 5) is 4.66. The summed E-state index contributed by atoms with van der Waals surface area (Å²) in [5.74, 6) is -0.937. The Hall–Kier alpha value is -2.60. The van der Waals surface area contributed by atoms with Crippen LogP contribution in [0.1, 0.15) is 22.5 Å². The maximum atomic E-state index is 13.3. The molecule has 0 aliphatic carbocycles. The van der Waals surface area contributed by atoms with Crippen LogP contribution in [-0.4, -0.2) is 14.5 Å². The van der Waals surface area contributed by atoms with E-state index in [9.17, 15) is 8.78 Å². The van der Waals surface area contributed by atoms with E-state index in [0.717, 1.165) is 23.0 Å². The summed E-state index contributed by atoms with van der Waals surface area (Å²) in [6.07, 6.45) is 3.95. The Morgan fingerprint density at radius 2 is 1.92 bits per heavy atom. The average molecular weight is 343 g/mol. The predicted molar refractivity (Wildman–Crippen MR) is 92.8 cm³/mol. The molecule has 0 aliphatic heterocycles. The fourth-order valence-electron chi connectivity index (χ4n) is 2.50. The zero-order valence-corrected chi connectivity index (χ0v) is 13.6. The van der Waals surface area contributed by atoms with Crippen LogP contribution in [0.2, 0.25) is 0 Å². The number of aromatic nitrogens is 2. The topological polar surface area (TPSA) is 43.8 Å². The number of benzene rings is 2. The molecule has 0 saturated heterocycles. The summed E-state index contributed by atoms with van der Waals surface area (Å²) >= 11 is 5.00. The van der Waals surface area contributed by atoms with Crippen molar-refractivity contribution >= 4 is 17.2 Å². The Labute approximate surface area is 143 Å². The molecule has 0 fully saturated rings. The molecule has 24 heavy (non-hydrogen) atoms. The van der Waals surface area contributed by atoms with Crippen LogP contribution in [0.3, 0.4) is 0 Å². The van der Waals surface area contributed by atoms with Crippen molar-refractivity contribution in [3.63, 3.8) is 0 Å². The molecule has 0 atom stereocenters. The molecule has 122 valence electrons. The Balaban J connectivity index is 1.81. The summed E-state index contributed by atoms with van der Waals surface area (Å²) in [5, 5.41) is 0. The van der Waals surface area contributed by atoms with Crippen molar-refractivity contribution in [2.24, 2.45) is 5.73 Å². The highest BCUT2D eigenvalue weighted by Gasteiger charge is 2.08. The van der Waals surface area contributed by atoms with Crippen molar-refractivity contribution < 1.29 is 8.78 Å². The van der Waals surface area contributed by atoms with E-state index in [2.05, 4.69) is 4.98 Å². The highest BCUT2D eigenvalue weighted by molar-refractivity contribution is 7.80. The molecule has 0 aliphatic rings. The van der Waals surface area contributed by atoms with Gasteiger partial charge in [0.15, 0.2) is 11.6 Å². The minimum atomic E-state index is -0.852. The second-order valence-electron chi connectivity index (χ2n) is 5.46. The van der Waals surface area contributed by atoms with Gasteiger partial charge in [-0.2, -0.15) is 0 Å². The lowest BCUT2D eigenvalue weighted by molar-refractivity contribution is 0.507. The lowest BCUT2D eigenvalue weighted by Crippen LogP contribution is -2.10. The summed E-state index contributed by atoms with van der Waals surface area (Å²) in [5.41, 5.74) is 8.17. The minimum Gasteiger partial charge on any atom is -0.389 e. The maximum Gasteiger partial charge on any atom is 0.159 e. The third kappa shape index (κ3) is 3.65. The molecular formula is C18H15F2N3S. The molecule has 0 unspecified atom stereocenters. The van der Waals surface area contributed by atoms with E-state index in [1.54, 1.807) is 12.3 Å². The van der Waals surface area contributed by atoms with Gasteiger partial charge >= 0.3 is 0 Å². The van der Waals surface area contributed by atoms with Gasteiger partial charge in [0.05, 0.1) is 0 Å². The van der Waals surface area contributed by atoms with Crippen LogP contribution in [0.5, 0.6) is 0 Å². The van der Waals surface area contributed by atoms with Crippen LogP contribution in [0.15, 0.2) is 54.9 Å². The molecule has 0 saturated carbocycles. The fraction of sp³-hybridized carbons (Fsp3) is 0.111. The summed E-state index contributed by atoms with van der Waals surface area (Å²) < 4.78 is 28.3. The number of nitrogens with two attached hydrogens (primary N) is 1. The van der Waals surface area contributed by atoms with Gasteiger partial charge in [0.2, 0.25) is 0 Å². The summed E-state index contributed by atoms with van der Waals surface area (Å²) in [7, 11) is 0. The zero-order valence-electron chi connectivity index (χ0n) is 12.7. The van der Waals surface area contributed by atoms with Crippen molar-refractivity contribution in [1.82, 2.24) is 9.55 Å². The van der Waals surface area contributed by atoms with Gasteiger partial charge in [-0.25, -0.2) is 13.8 Å². The first-order valence-corrected chi connectivity index (χ1v) is 7.76. The molecule has 6 heteroatoms. The molecule has 0 radical (unpaired) electrons. The Morgan fingerprint density at radius 3 is 2.67 bits per heavy atom. The van der Waals surface area contributed by atoms with E-state index in [1.807, 2.05) is 35.0 Å². The highest BCUT2D eigenvalue weighted by Crippen LogP contribution is 2.14. The van der Waals surface area contributed by atoms with Crippen LogP contribution < -0.4 is 5.73 Å². The molecular weight excluding hydrogens is 328 g/mol. The quantitative estimate of drug-likeness (QED) is 0.722. The molecule has 0 bridgehead atoms. The van der Waals surface area contributed by atoms with Crippen molar-refractivity contribution in [2.45, 2.75) is 13.0 Å². The lowest BCUT2D eigenvalue weighted by Gasteiger charge is -2.09. The lowest BCUT2D eigenvalue weighted by atomic mass is 10.1. The van der Waals surface area contributed by atoms with E-state index in [1.165, 1.54) is 6.07 Å². The summed E-state index contributed by atoms with van der Waals surface area (Å²) in [6.45, 7) is 0.593. The number of hydrogen-bond acceptors (Lipinski definition) is 2. The number of nitrogens with zero attached hydrogens (tertiary/aromatic N) is 2. The zero-order chi connectivity index (χ0) is 17.1. The smallest absolute Gasteiger partial charge is 0.159 e. The van der Waals surface area contributed by atoms with Gasteiger partial charge in [0.25, 0.3) is 0 Å². The van der Waals surface area contributed by atoms with Gasteiger partial charge < -0.3 is 10.3 Å². The molecule has 1 heterocycles. The van der Waals surface area contributed by atoms with Gasteiger partial charge in [-0.1, -0.05) is 36.5 Å². The third-order valence-corrected chi connectivity index (χ3v) is 3.95. The minimum absolute atomic E-state index is 0.351. The number of hydrogen-bond donors (Lipinski definition) is 1. The Morgan fingerprint density at radius 1 is 1.08 bits per heavy atom. The van der Waals surface area contributed by atoms with E-state index in [0.29, 0.717) is 23.5 Å². The molecule has 2 aromatic carbocycles. The van der Waals surface area contributed by atoms with Crippen molar-refractivity contribution in [3.05, 3.63) is 89.0 Å². The molecule has 3 aromatic rings. The number of rotatable bonds is 5. The van der Waals surface area contributed by atoms with Crippen LogP contribution in [0.4, 0.5) is 8.78 Å². The van der Waals surface area contributed by atoms with E-state index < -0.39 is 11.6 Å². The van der Waals surface area contributed by atoms with Crippen molar-refractivity contribution in [3.8, 4) is 0 Å². The molecule has 2 N–H and O–H groups in total. The van der Waals surface area contributed by atoms with Crippen LogP contribution in [-0.2, 0) is 13.0 Å². The van der Waals surface area contributed by atoms with E-state index >= 15 is 0 Å². The van der Waals surface area contributed by atoms with Crippen LogP contribution >= 0.6 is 12.2 Å². The first-order chi connectivity index (χ1) is 11.5. The normalized spacial score (nSPS) is 10.8. The van der Waals surface area contributed by atoms with Gasteiger partial charge in [0, 0.05) is 30.9 Å². The highest BCUT2D eigenvalue weighted by atomic mass is 32.1. The summed E-state index contributed by atoms with van der Waals surface area (Å²) in [6, 6.07) is 11.6. The van der Waals surface area contributed by atoms with Crippen molar-refractivity contribution in [1.29, 1.82) is 0 Å². The standard InChI is InChI=1S/C18H15F2N3S/c19-15-5-4-12(9-16(15)20)10-17-22-6-7-23(17)11-13-2-1-3-14(8-13)18(21)24/h1-9H,10-11H2,(H2,21,24). The molecule has 0 spiro atoms. The molecule has 3 rings (SSSR count). The van der Waals surface area contributed by atoms with Crippen LogP contribution in [0, 0.1) is 11.6 Å². The first kappa shape index (κ1) is 16.3. The second-order valence-corrected chi connectivity index (χ2v) is 5.90. The molecule has 1 aromatic heterocycles. The molecule has 0 amide bonds. The number of halogens is 2. The molecule has 3 nitrogen and oxygen atoms in total. The van der Waals surface area contributed by atoms with E-state index in [4.69, 9.17) is 18.0 Å². The van der Waals surface area contributed by atoms with Crippen LogP contribution in [0.25, 0.3) is 0 Å². The fourth-order valence-corrected chi connectivity index (χ4v) is 2.63. The Kier molecular flexibility index (Phi) is 4.66. The monoisotopic (exact) mass is 343 g/mol. The number of thiocarbonyl (C=S) groups is 1. The van der Waals surface area contributed by atoms with E-state index in [-0.39, 0.29) is 0 Å². The first-order valence-electron chi connectivity index (χ1n) is 7.35. The predicted octanol–water partition coefficient (Wildman–Crippen LogP) is 3.43. The third-order valence-electron chi connectivity index (χ3n) is 3.71. The van der Waals surface area contributed by atoms with Gasteiger partial charge in [-0.05, 0) is 29.3 Å². The largest absolute Gasteiger partial charge is 0.389 e. The maximum absolute atomic E-state index is 13.3.